The Bertz CT molecular complexity index is 591. The van der Waals surface area contributed by atoms with Crippen molar-refractivity contribution in [1.29, 1.82) is 0 Å². The predicted octanol–water partition coefficient (Wildman–Crippen LogP) is 1.84. The van der Waals surface area contributed by atoms with Gasteiger partial charge in [0.25, 0.3) is 0 Å². The molecule has 0 spiro atoms. The van der Waals surface area contributed by atoms with Gasteiger partial charge in [-0.1, -0.05) is 0 Å². The van der Waals surface area contributed by atoms with Crippen LogP contribution in [0.1, 0.15) is 27.7 Å². The molecule has 8 nitrogen and oxygen atoms in total. The molecular formula is C17H30N6O2S. The number of piperazine rings is 1. The van der Waals surface area contributed by atoms with Crippen molar-refractivity contribution >= 4 is 28.5 Å². The summed E-state index contributed by atoms with van der Waals surface area (Å²) in [6.45, 7) is 12.4. The van der Waals surface area contributed by atoms with Gasteiger partial charge >= 0.3 is 6.09 Å². The van der Waals surface area contributed by atoms with Gasteiger partial charge in [-0.05, 0) is 27.7 Å². The summed E-state index contributed by atoms with van der Waals surface area (Å²) in [5.41, 5.74) is 5.63. The fourth-order valence-corrected chi connectivity index (χ4v) is 3.29. The molecule has 146 valence electrons. The number of aromatic nitrogens is 1. The van der Waals surface area contributed by atoms with Crippen molar-refractivity contribution in [3.8, 4) is 0 Å². The number of thiazole rings is 1. The second-order valence-corrected chi connectivity index (χ2v) is 7.96. The molecular weight excluding hydrogens is 352 g/mol. The van der Waals surface area contributed by atoms with Gasteiger partial charge in [0, 0.05) is 50.8 Å². The molecule has 1 aliphatic heterocycles. The van der Waals surface area contributed by atoms with E-state index in [1.165, 1.54) is 0 Å². The van der Waals surface area contributed by atoms with Crippen molar-refractivity contribution in [3.05, 3.63) is 11.6 Å². The molecule has 26 heavy (non-hydrogen) atoms. The van der Waals surface area contributed by atoms with E-state index in [-0.39, 0.29) is 6.09 Å². The summed E-state index contributed by atoms with van der Waals surface area (Å²) in [4.78, 5) is 26.9. The fourth-order valence-electron chi connectivity index (χ4n) is 2.59. The summed E-state index contributed by atoms with van der Waals surface area (Å²) < 4.78 is 5.40. The zero-order valence-electron chi connectivity index (χ0n) is 16.1. The van der Waals surface area contributed by atoms with Crippen LogP contribution in [-0.4, -0.2) is 78.3 Å². The second-order valence-electron chi connectivity index (χ2n) is 7.09. The van der Waals surface area contributed by atoms with Crippen LogP contribution in [0, 0.1) is 0 Å². The molecule has 2 rings (SSSR count). The van der Waals surface area contributed by atoms with Crippen LogP contribution in [0.25, 0.3) is 0 Å². The van der Waals surface area contributed by atoms with E-state index in [4.69, 9.17) is 10.5 Å². The molecule has 2 N–H and O–H groups in total. The number of carbonyl (C=O) groups is 1. The summed E-state index contributed by atoms with van der Waals surface area (Å²) in [7, 11) is 0. The first-order valence-corrected chi connectivity index (χ1v) is 9.85. The third-order valence-corrected chi connectivity index (χ3v) is 4.80. The lowest BCUT2D eigenvalue weighted by Crippen LogP contribution is -2.51. The van der Waals surface area contributed by atoms with Crippen LogP contribution in [0.5, 0.6) is 0 Å². The van der Waals surface area contributed by atoms with Gasteiger partial charge in [0.05, 0.1) is 6.54 Å². The highest BCUT2D eigenvalue weighted by Gasteiger charge is 2.22. The van der Waals surface area contributed by atoms with Crippen molar-refractivity contribution in [1.82, 2.24) is 14.8 Å². The van der Waals surface area contributed by atoms with Crippen molar-refractivity contribution in [2.75, 3.05) is 50.7 Å². The molecule has 0 atom stereocenters. The number of guanidine groups is 1. The van der Waals surface area contributed by atoms with E-state index in [9.17, 15) is 4.79 Å². The molecule has 0 saturated carbocycles. The quantitative estimate of drug-likeness (QED) is 0.618. The number of nitrogens with zero attached hydrogens (tertiary/aromatic N) is 5. The van der Waals surface area contributed by atoms with Gasteiger partial charge in [-0.3, -0.25) is 4.99 Å². The minimum atomic E-state index is -0.496. The summed E-state index contributed by atoms with van der Waals surface area (Å²) >= 11 is 1.65. The molecule has 1 saturated heterocycles. The molecule has 2 heterocycles. The Kier molecular flexibility index (Phi) is 7.07. The molecule has 1 amide bonds. The number of nitrogens with two attached hydrogens (primary N) is 1. The number of anilines is 1. The Morgan fingerprint density at radius 1 is 1.38 bits per heavy atom. The van der Waals surface area contributed by atoms with E-state index in [0.29, 0.717) is 25.6 Å². The Morgan fingerprint density at radius 2 is 2.08 bits per heavy atom. The average molecular weight is 383 g/mol. The van der Waals surface area contributed by atoms with Crippen LogP contribution in [0.15, 0.2) is 16.6 Å². The van der Waals surface area contributed by atoms with Gasteiger partial charge in [-0.15, -0.1) is 11.3 Å². The summed E-state index contributed by atoms with van der Waals surface area (Å²) in [5, 5.41) is 3.04. The maximum atomic E-state index is 12.1. The lowest BCUT2D eigenvalue weighted by Gasteiger charge is -2.35. The lowest BCUT2D eigenvalue weighted by atomic mass is 10.2. The monoisotopic (exact) mass is 382 g/mol. The third-order valence-electron chi connectivity index (χ3n) is 3.97. The highest BCUT2D eigenvalue weighted by molar-refractivity contribution is 7.13. The summed E-state index contributed by atoms with van der Waals surface area (Å²) in [6, 6.07) is 0. The highest BCUT2D eigenvalue weighted by Crippen LogP contribution is 2.18. The van der Waals surface area contributed by atoms with Gasteiger partial charge in [-0.25, -0.2) is 9.78 Å². The zero-order valence-corrected chi connectivity index (χ0v) is 17.0. The second kappa shape index (κ2) is 9.07. The van der Waals surface area contributed by atoms with Crippen LogP contribution in [0.4, 0.5) is 9.93 Å². The minimum absolute atomic E-state index is 0.314. The number of amides is 1. The van der Waals surface area contributed by atoms with Gasteiger partial charge in [0.15, 0.2) is 11.1 Å². The average Bonchev–Trinajstić information content (AvgIpc) is 3.11. The normalized spacial score (nSPS) is 15.9. The number of carbonyl (C=O) groups excluding carboxylic acids is 1. The number of likely N-dealkylation sites (N-methyl/N-ethyl adjacent to an activating group) is 1. The smallest absolute Gasteiger partial charge is 0.410 e. The van der Waals surface area contributed by atoms with E-state index in [2.05, 4.69) is 19.8 Å². The van der Waals surface area contributed by atoms with E-state index >= 15 is 0 Å². The Labute approximate surface area is 159 Å². The molecule has 0 bridgehead atoms. The summed E-state index contributed by atoms with van der Waals surface area (Å²) in [5.74, 6) is 0.532. The minimum Gasteiger partial charge on any atom is -0.444 e. The fraction of sp³-hybridized carbons (Fsp3) is 0.706. The van der Waals surface area contributed by atoms with Gasteiger partial charge in [0.2, 0.25) is 0 Å². The Morgan fingerprint density at radius 3 is 2.62 bits per heavy atom. The highest BCUT2D eigenvalue weighted by atomic mass is 32.1. The molecule has 1 aliphatic rings. The molecule has 0 aliphatic carbocycles. The number of ether oxygens (including phenoxy) is 1. The van der Waals surface area contributed by atoms with Crippen molar-refractivity contribution in [2.24, 2.45) is 10.7 Å². The maximum Gasteiger partial charge on any atom is 0.410 e. The first-order valence-electron chi connectivity index (χ1n) is 8.97. The molecule has 1 fully saturated rings. The van der Waals surface area contributed by atoms with Crippen molar-refractivity contribution < 1.29 is 9.53 Å². The maximum absolute atomic E-state index is 12.1. The lowest BCUT2D eigenvalue weighted by molar-refractivity contribution is 0.0266. The first kappa shape index (κ1) is 20.3. The van der Waals surface area contributed by atoms with Crippen LogP contribution >= 0.6 is 11.3 Å². The first-order chi connectivity index (χ1) is 12.3. The molecule has 1 aromatic rings. The summed E-state index contributed by atoms with van der Waals surface area (Å²) in [6.07, 6.45) is 1.51. The molecule has 1 aromatic heterocycles. The van der Waals surface area contributed by atoms with Gasteiger partial charge in [0.1, 0.15) is 5.60 Å². The zero-order chi connectivity index (χ0) is 19.2. The Hall–Kier alpha value is -2.03. The largest absolute Gasteiger partial charge is 0.444 e. The van der Waals surface area contributed by atoms with Crippen molar-refractivity contribution in [2.45, 2.75) is 33.3 Å². The van der Waals surface area contributed by atoms with E-state index in [1.54, 1.807) is 16.2 Å². The standard InChI is InChI=1S/C17H30N6O2S/c1-5-21(16(24)25-17(2,3)4)8-6-19-14(18)22-9-11-23(12-10-22)15-20-7-13-26-15/h7,13H,5-6,8-12H2,1-4H3,(H2,18,19). The number of hydrogen-bond acceptors (Lipinski definition) is 6. The molecule has 0 aromatic carbocycles. The Balaban J connectivity index is 1.78. The third kappa shape index (κ3) is 6.05. The van der Waals surface area contributed by atoms with Gasteiger partial charge < -0.3 is 25.2 Å². The SMILES string of the molecule is CCN(CCN=C(N)N1CCN(c2nccs2)CC1)C(=O)OC(C)(C)C. The molecule has 0 unspecified atom stereocenters. The van der Waals surface area contributed by atoms with Crippen LogP contribution in [-0.2, 0) is 4.74 Å². The topological polar surface area (TPSA) is 87.3 Å². The van der Waals surface area contributed by atoms with E-state index < -0.39 is 5.60 Å². The van der Waals surface area contributed by atoms with Crippen molar-refractivity contribution in [3.63, 3.8) is 0 Å². The number of hydrogen-bond donors (Lipinski definition) is 1. The van der Waals surface area contributed by atoms with Gasteiger partial charge in [-0.2, -0.15) is 0 Å². The van der Waals surface area contributed by atoms with Crippen LogP contribution in [0.3, 0.4) is 0 Å². The number of aliphatic imine (C=N–C) groups is 1. The van der Waals surface area contributed by atoms with Crippen LogP contribution in [0.2, 0.25) is 0 Å². The molecule has 9 heteroatoms. The predicted molar refractivity (Wildman–Crippen MR) is 106 cm³/mol. The van der Waals surface area contributed by atoms with Crippen LogP contribution < -0.4 is 10.6 Å². The number of rotatable bonds is 5. The van der Waals surface area contributed by atoms with E-state index in [0.717, 1.165) is 31.3 Å². The molecule has 0 radical (unpaired) electrons. The van der Waals surface area contributed by atoms with E-state index in [1.807, 2.05) is 39.3 Å².